The van der Waals surface area contributed by atoms with Crippen LogP contribution >= 0.6 is 12.2 Å². The van der Waals surface area contributed by atoms with Crippen LogP contribution in [-0.4, -0.2) is 52.9 Å². The van der Waals surface area contributed by atoms with Crippen LogP contribution in [0, 0.1) is 0 Å². The second-order valence-corrected chi connectivity index (χ2v) is 17.4. The van der Waals surface area contributed by atoms with Gasteiger partial charge in [0.1, 0.15) is 12.4 Å². The standard InChI is InChI=1S/C28H33N3O5SSi/c1-8-28(34)20-12-21-23-16(13-31(21)25(32)19(20)14-35-26(28)33)11-18-22(36-27(37)30(3)4)10-9-17(24(18)29-23)15(2)38(5,6)7/h9-12,15,34H,8,13-14H2,1-7H3/t15?,28-/m0/s1. The molecule has 0 radical (unpaired) electrons. The lowest BCUT2D eigenvalue weighted by molar-refractivity contribution is -0.172. The number of carbonyl (C=O) groups is 1. The number of esters is 1. The smallest absolute Gasteiger partial charge is 0.343 e. The van der Waals surface area contributed by atoms with Gasteiger partial charge >= 0.3 is 5.97 Å². The minimum Gasteiger partial charge on any atom is -0.458 e. The molecule has 0 amide bonds. The van der Waals surface area contributed by atoms with E-state index in [1.54, 1.807) is 22.5 Å². The normalized spacial score (nSPS) is 18.9. The molecular weight excluding hydrogens is 518 g/mol. The fourth-order valence-corrected chi connectivity index (χ4v) is 6.41. The monoisotopic (exact) mass is 551 g/mol. The van der Waals surface area contributed by atoms with E-state index in [9.17, 15) is 14.7 Å². The van der Waals surface area contributed by atoms with Crippen LogP contribution in [-0.2, 0) is 28.3 Å². The number of nitrogens with zero attached hydrogens (tertiary/aromatic N) is 3. The molecule has 0 bridgehead atoms. The highest BCUT2D eigenvalue weighted by Crippen LogP contribution is 2.42. The zero-order chi connectivity index (χ0) is 27.7. The molecule has 2 aliphatic heterocycles. The number of ether oxygens (including phenoxy) is 2. The van der Waals surface area contributed by atoms with Crippen molar-refractivity contribution < 1.29 is 19.4 Å². The van der Waals surface area contributed by atoms with Crippen molar-refractivity contribution >= 4 is 42.3 Å². The summed E-state index contributed by atoms with van der Waals surface area (Å²) in [6.45, 7) is 11.1. The van der Waals surface area contributed by atoms with Crippen LogP contribution in [0.1, 0.15) is 48.1 Å². The first-order valence-corrected chi connectivity index (χ1v) is 16.8. The van der Waals surface area contributed by atoms with E-state index in [0.29, 0.717) is 45.5 Å². The molecule has 38 heavy (non-hydrogen) atoms. The van der Waals surface area contributed by atoms with E-state index in [1.807, 2.05) is 26.2 Å². The SMILES string of the molecule is CC[C@@]1(O)C(=O)OCc2c1cc1n(c2=O)Cc2cc3c(OC(=S)N(C)C)ccc(C(C)[Si](C)(C)C)c3nc2-1. The molecule has 10 heteroatoms. The number of fused-ring (bicyclic) bond motifs is 5. The quantitative estimate of drug-likeness (QED) is 0.228. The van der Waals surface area contributed by atoms with Gasteiger partial charge in [-0.05, 0) is 47.9 Å². The molecule has 4 heterocycles. The van der Waals surface area contributed by atoms with Crippen molar-refractivity contribution in [3.05, 3.63) is 56.9 Å². The van der Waals surface area contributed by atoms with Crippen LogP contribution in [0.25, 0.3) is 22.3 Å². The number of benzene rings is 1. The fourth-order valence-electron chi connectivity index (χ4n) is 5.15. The summed E-state index contributed by atoms with van der Waals surface area (Å²) in [5, 5.41) is 12.4. The predicted octanol–water partition coefficient (Wildman–Crippen LogP) is 4.29. The molecule has 2 aromatic heterocycles. The van der Waals surface area contributed by atoms with E-state index in [2.05, 4.69) is 32.6 Å². The third-order valence-corrected chi connectivity index (χ3v) is 11.4. The van der Waals surface area contributed by atoms with Crippen LogP contribution in [0.5, 0.6) is 5.75 Å². The molecule has 0 aliphatic carbocycles. The van der Waals surface area contributed by atoms with Gasteiger partial charge in [-0.2, -0.15) is 0 Å². The van der Waals surface area contributed by atoms with Crippen LogP contribution in [0.4, 0.5) is 0 Å². The highest BCUT2D eigenvalue weighted by Gasteiger charge is 2.45. The summed E-state index contributed by atoms with van der Waals surface area (Å²) < 4.78 is 12.9. The molecule has 0 saturated carbocycles. The Hall–Kier alpha value is -3.08. The van der Waals surface area contributed by atoms with Gasteiger partial charge in [0.05, 0.1) is 37.1 Å². The Morgan fingerprint density at radius 3 is 2.63 bits per heavy atom. The van der Waals surface area contributed by atoms with Crippen molar-refractivity contribution in [3.63, 3.8) is 0 Å². The number of carbonyl (C=O) groups excluding carboxylic acids is 1. The second-order valence-electron chi connectivity index (χ2n) is 11.5. The molecule has 0 fully saturated rings. The van der Waals surface area contributed by atoms with E-state index in [-0.39, 0.29) is 18.6 Å². The van der Waals surface area contributed by atoms with Gasteiger partial charge in [-0.3, -0.25) is 4.79 Å². The Morgan fingerprint density at radius 1 is 1.29 bits per heavy atom. The van der Waals surface area contributed by atoms with Crippen LogP contribution in [0.2, 0.25) is 19.6 Å². The summed E-state index contributed by atoms with van der Waals surface area (Å²) in [6, 6.07) is 7.80. The molecule has 0 saturated heterocycles. The Balaban J connectivity index is 1.77. The minimum atomic E-state index is -1.86. The summed E-state index contributed by atoms with van der Waals surface area (Å²) in [5.74, 6) is -0.117. The number of thiocarbonyl (C=S) groups is 1. The highest BCUT2D eigenvalue weighted by atomic mass is 32.1. The molecule has 200 valence electrons. The summed E-state index contributed by atoms with van der Waals surface area (Å²) in [4.78, 5) is 33.0. The van der Waals surface area contributed by atoms with Crippen LogP contribution in [0.15, 0.2) is 29.1 Å². The first-order chi connectivity index (χ1) is 17.8. The highest BCUT2D eigenvalue weighted by molar-refractivity contribution is 7.80. The zero-order valence-corrected chi connectivity index (χ0v) is 24.7. The van der Waals surface area contributed by atoms with Gasteiger partial charge in [0, 0.05) is 30.6 Å². The number of aliphatic hydroxyl groups is 1. The van der Waals surface area contributed by atoms with Gasteiger partial charge in [-0.1, -0.05) is 39.6 Å². The number of hydrogen-bond donors (Lipinski definition) is 1. The van der Waals surface area contributed by atoms with Crippen molar-refractivity contribution in [2.45, 2.75) is 64.2 Å². The number of hydrogen-bond acceptors (Lipinski definition) is 7. The average Bonchev–Trinajstić information content (AvgIpc) is 3.22. The lowest BCUT2D eigenvalue weighted by atomic mass is 9.86. The molecule has 1 unspecified atom stereocenters. The van der Waals surface area contributed by atoms with Crippen molar-refractivity contribution in [1.29, 1.82) is 0 Å². The molecular formula is C28H33N3O5SSi. The number of cyclic esters (lactones) is 1. The maximum atomic E-state index is 13.6. The first-order valence-electron chi connectivity index (χ1n) is 12.8. The molecule has 0 spiro atoms. The second kappa shape index (κ2) is 9.00. The molecule has 1 N–H and O–H groups in total. The van der Waals surface area contributed by atoms with E-state index >= 15 is 0 Å². The topological polar surface area (TPSA) is 93.9 Å². The fraction of sp³-hybridized carbons (Fsp3) is 0.429. The van der Waals surface area contributed by atoms with E-state index in [1.165, 1.54) is 0 Å². The lowest BCUT2D eigenvalue weighted by Crippen LogP contribution is -2.44. The van der Waals surface area contributed by atoms with Crippen molar-refractivity contribution in [2.24, 2.45) is 0 Å². The number of rotatable bonds is 4. The molecule has 2 atom stereocenters. The van der Waals surface area contributed by atoms with Crippen molar-refractivity contribution in [2.75, 3.05) is 14.1 Å². The van der Waals surface area contributed by atoms with Crippen LogP contribution in [0.3, 0.4) is 0 Å². The van der Waals surface area contributed by atoms with E-state index in [0.717, 1.165) is 22.0 Å². The predicted molar refractivity (Wildman–Crippen MR) is 153 cm³/mol. The Kier molecular flexibility index (Phi) is 6.28. The molecule has 3 aromatic rings. The van der Waals surface area contributed by atoms with E-state index < -0.39 is 19.6 Å². The van der Waals surface area contributed by atoms with Gasteiger partial charge in [-0.25, -0.2) is 9.78 Å². The maximum absolute atomic E-state index is 13.6. The Bertz CT molecular complexity index is 1580. The Morgan fingerprint density at radius 2 is 2.00 bits per heavy atom. The molecule has 8 nitrogen and oxygen atoms in total. The van der Waals surface area contributed by atoms with Gasteiger partial charge in [-0.15, -0.1) is 0 Å². The minimum absolute atomic E-state index is 0.101. The van der Waals surface area contributed by atoms with Crippen LogP contribution < -0.4 is 10.3 Å². The number of pyridine rings is 2. The zero-order valence-electron chi connectivity index (χ0n) is 22.8. The lowest BCUT2D eigenvalue weighted by Gasteiger charge is -2.31. The molecule has 1 aromatic carbocycles. The maximum Gasteiger partial charge on any atom is 0.343 e. The van der Waals surface area contributed by atoms with Crippen molar-refractivity contribution in [1.82, 2.24) is 14.5 Å². The third-order valence-electron chi connectivity index (χ3n) is 8.00. The van der Waals surface area contributed by atoms with Gasteiger partial charge in [0.15, 0.2) is 5.60 Å². The van der Waals surface area contributed by atoms with Gasteiger partial charge in [0.25, 0.3) is 10.7 Å². The van der Waals surface area contributed by atoms with E-state index in [4.69, 9.17) is 26.7 Å². The molecule has 2 aliphatic rings. The summed E-state index contributed by atoms with van der Waals surface area (Å²) in [5.41, 5.74) is 2.84. The first kappa shape index (κ1) is 26.5. The van der Waals surface area contributed by atoms with Gasteiger partial charge in [0.2, 0.25) is 0 Å². The third kappa shape index (κ3) is 3.97. The van der Waals surface area contributed by atoms with Crippen molar-refractivity contribution in [3.8, 4) is 17.1 Å². The molecule has 5 rings (SSSR count). The summed E-state index contributed by atoms with van der Waals surface area (Å²) >= 11 is 5.43. The number of aromatic nitrogens is 2. The summed E-state index contributed by atoms with van der Waals surface area (Å²) in [7, 11) is 2.07. The Labute approximate surface area is 228 Å². The summed E-state index contributed by atoms with van der Waals surface area (Å²) in [6.07, 6.45) is 0.101. The average molecular weight is 552 g/mol. The van der Waals surface area contributed by atoms with Gasteiger partial charge < -0.3 is 24.0 Å². The largest absolute Gasteiger partial charge is 0.458 e.